The fraction of sp³-hybridized carbons (Fsp3) is 0.727. The topological polar surface area (TPSA) is 58.3 Å². The summed E-state index contributed by atoms with van der Waals surface area (Å²) in [4.78, 5) is 0. The summed E-state index contributed by atoms with van der Waals surface area (Å²) in [6.45, 7) is 2.10. The summed E-state index contributed by atoms with van der Waals surface area (Å²) in [5.74, 6) is 0. The Bertz CT molecular complexity index is 293. The minimum atomic E-state index is -0.391. The molecule has 4 heteroatoms. The molecule has 0 fully saturated rings. The molecule has 0 aliphatic rings. The predicted molar refractivity (Wildman–Crippen MR) is 58.4 cm³/mol. The van der Waals surface area contributed by atoms with Crippen LogP contribution < -0.4 is 0 Å². The molecule has 0 aliphatic heterocycles. The first-order valence-corrected chi connectivity index (χ1v) is 5.35. The van der Waals surface area contributed by atoms with Gasteiger partial charge in [-0.05, 0) is 18.4 Å². The average molecular weight is 212 g/mol. The Morgan fingerprint density at radius 3 is 2.47 bits per heavy atom. The Morgan fingerprint density at radius 2 is 2.07 bits per heavy atom. The van der Waals surface area contributed by atoms with Crippen LogP contribution in [0.5, 0.6) is 0 Å². The minimum Gasteiger partial charge on any atom is -0.396 e. The Hall–Kier alpha value is -0.870. The molecule has 15 heavy (non-hydrogen) atoms. The molecule has 0 radical (unpaired) electrons. The van der Waals surface area contributed by atoms with E-state index in [1.54, 1.807) is 10.9 Å². The van der Waals surface area contributed by atoms with Gasteiger partial charge in [-0.25, -0.2) is 0 Å². The number of nitrogens with zero attached hydrogens (tertiary/aromatic N) is 2. The third-order valence-electron chi connectivity index (χ3n) is 2.79. The summed E-state index contributed by atoms with van der Waals surface area (Å²) >= 11 is 0. The molecule has 0 saturated heterocycles. The van der Waals surface area contributed by atoms with Gasteiger partial charge >= 0.3 is 0 Å². The lowest BCUT2D eigenvalue weighted by Gasteiger charge is -2.28. The van der Waals surface area contributed by atoms with Gasteiger partial charge in [0.25, 0.3) is 0 Å². The molecule has 1 aromatic heterocycles. The van der Waals surface area contributed by atoms with Crippen LogP contribution in [0.2, 0.25) is 0 Å². The van der Waals surface area contributed by atoms with Gasteiger partial charge in [-0.2, -0.15) is 5.10 Å². The Morgan fingerprint density at radius 1 is 1.40 bits per heavy atom. The van der Waals surface area contributed by atoms with Gasteiger partial charge in [0, 0.05) is 18.7 Å². The zero-order valence-electron chi connectivity index (χ0n) is 9.48. The number of hydrogen-bond donors (Lipinski definition) is 2. The average Bonchev–Trinajstić information content (AvgIpc) is 2.63. The van der Waals surface area contributed by atoms with Crippen molar-refractivity contribution in [2.45, 2.75) is 26.2 Å². The van der Waals surface area contributed by atoms with Crippen LogP contribution in [0.1, 0.15) is 25.3 Å². The van der Waals surface area contributed by atoms with Crippen molar-refractivity contribution in [2.24, 2.45) is 12.5 Å². The van der Waals surface area contributed by atoms with Crippen LogP contribution in [0.15, 0.2) is 12.4 Å². The second kappa shape index (κ2) is 5.28. The van der Waals surface area contributed by atoms with Crippen molar-refractivity contribution in [1.82, 2.24) is 9.78 Å². The first kappa shape index (κ1) is 12.2. The molecular formula is C11H20N2O2. The van der Waals surface area contributed by atoms with E-state index in [4.69, 9.17) is 0 Å². The summed E-state index contributed by atoms with van der Waals surface area (Å²) in [7, 11) is 1.86. The smallest absolute Gasteiger partial charge is 0.0521 e. The maximum absolute atomic E-state index is 9.39. The predicted octanol–water partition coefficient (Wildman–Crippen LogP) is 0.734. The quantitative estimate of drug-likeness (QED) is 0.731. The third-order valence-corrected chi connectivity index (χ3v) is 2.79. The lowest BCUT2D eigenvalue weighted by atomic mass is 9.80. The second-order valence-corrected chi connectivity index (χ2v) is 4.27. The van der Waals surface area contributed by atoms with Crippen LogP contribution in [0.25, 0.3) is 0 Å². The van der Waals surface area contributed by atoms with Crippen molar-refractivity contribution < 1.29 is 10.2 Å². The second-order valence-electron chi connectivity index (χ2n) is 4.27. The number of hydrogen-bond acceptors (Lipinski definition) is 3. The molecule has 0 atom stereocenters. The first-order chi connectivity index (χ1) is 7.15. The molecule has 0 saturated carbocycles. The highest BCUT2D eigenvalue weighted by molar-refractivity contribution is 5.07. The fourth-order valence-electron chi connectivity index (χ4n) is 1.93. The molecule has 0 amide bonds. The van der Waals surface area contributed by atoms with Gasteiger partial charge < -0.3 is 10.2 Å². The van der Waals surface area contributed by atoms with Gasteiger partial charge in [-0.15, -0.1) is 0 Å². The van der Waals surface area contributed by atoms with Crippen molar-refractivity contribution in [3.8, 4) is 0 Å². The molecule has 0 aromatic carbocycles. The Labute approximate surface area is 90.5 Å². The van der Waals surface area contributed by atoms with E-state index in [1.165, 1.54) is 0 Å². The highest BCUT2D eigenvalue weighted by Gasteiger charge is 2.28. The number of aliphatic hydroxyl groups is 2. The van der Waals surface area contributed by atoms with Gasteiger partial charge in [0.05, 0.1) is 19.4 Å². The molecule has 1 heterocycles. The van der Waals surface area contributed by atoms with Crippen LogP contribution in [0, 0.1) is 5.41 Å². The first-order valence-electron chi connectivity index (χ1n) is 5.35. The van der Waals surface area contributed by atoms with Crippen LogP contribution in [0.3, 0.4) is 0 Å². The van der Waals surface area contributed by atoms with E-state index in [9.17, 15) is 10.2 Å². The Kier molecular flexibility index (Phi) is 4.29. The van der Waals surface area contributed by atoms with Gasteiger partial charge in [0.15, 0.2) is 0 Å². The molecule has 0 aliphatic carbocycles. The van der Waals surface area contributed by atoms with E-state index in [-0.39, 0.29) is 13.2 Å². The SMILES string of the molecule is CCCC(CO)(CO)Cc1cnn(C)c1. The maximum Gasteiger partial charge on any atom is 0.0521 e. The van der Waals surface area contributed by atoms with Crippen molar-refractivity contribution in [3.63, 3.8) is 0 Å². The number of aromatic nitrogens is 2. The zero-order chi connectivity index (χ0) is 11.3. The van der Waals surface area contributed by atoms with E-state index < -0.39 is 5.41 Å². The highest BCUT2D eigenvalue weighted by Crippen LogP contribution is 2.27. The molecule has 0 spiro atoms. The van der Waals surface area contributed by atoms with Crippen LogP contribution in [-0.2, 0) is 13.5 Å². The molecule has 1 aromatic rings. The van der Waals surface area contributed by atoms with Crippen molar-refractivity contribution >= 4 is 0 Å². The Balaban J connectivity index is 2.73. The van der Waals surface area contributed by atoms with Crippen LogP contribution >= 0.6 is 0 Å². The summed E-state index contributed by atoms with van der Waals surface area (Å²) in [5, 5.41) is 22.9. The van der Waals surface area contributed by atoms with E-state index in [0.717, 1.165) is 18.4 Å². The molecule has 1 rings (SSSR count). The van der Waals surface area contributed by atoms with E-state index in [2.05, 4.69) is 12.0 Å². The summed E-state index contributed by atoms with van der Waals surface area (Å²) < 4.78 is 1.74. The van der Waals surface area contributed by atoms with E-state index in [0.29, 0.717) is 6.42 Å². The van der Waals surface area contributed by atoms with Gasteiger partial charge in [0.1, 0.15) is 0 Å². The highest BCUT2D eigenvalue weighted by atomic mass is 16.3. The summed E-state index contributed by atoms with van der Waals surface area (Å²) in [6.07, 6.45) is 6.18. The lowest BCUT2D eigenvalue weighted by Crippen LogP contribution is -2.32. The minimum absolute atomic E-state index is 0.0201. The van der Waals surface area contributed by atoms with Crippen LogP contribution in [0.4, 0.5) is 0 Å². The maximum atomic E-state index is 9.39. The fourth-order valence-corrected chi connectivity index (χ4v) is 1.93. The molecule has 4 nitrogen and oxygen atoms in total. The van der Waals surface area contributed by atoms with Crippen molar-refractivity contribution in [3.05, 3.63) is 18.0 Å². The monoisotopic (exact) mass is 212 g/mol. The normalized spacial score (nSPS) is 12.0. The van der Waals surface area contributed by atoms with Crippen LogP contribution in [-0.4, -0.2) is 33.2 Å². The van der Waals surface area contributed by atoms with Crippen molar-refractivity contribution in [2.75, 3.05) is 13.2 Å². The summed E-state index contributed by atoms with van der Waals surface area (Å²) in [6, 6.07) is 0. The largest absolute Gasteiger partial charge is 0.396 e. The zero-order valence-corrected chi connectivity index (χ0v) is 9.48. The van der Waals surface area contributed by atoms with E-state index >= 15 is 0 Å². The van der Waals surface area contributed by atoms with Gasteiger partial charge in [0.2, 0.25) is 0 Å². The number of rotatable bonds is 6. The van der Waals surface area contributed by atoms with Gasteiger partial charge in [-0.3, -0.25) is 4.68 Å². The van der Waals surface area contributed by atoms with E-state index in [1.807, 2.05) is 13.2 Å². The molecule has 86 valence electrons. The lowest BCUT2D eigenvalue weighted by molar-refractivity contribution is 0.0466. The standard InChI is InChI=1S/C11H20N2O2/c1-3-4-11(8-14,9-15)5-10-6-12-13(2)7-10/h6-7,14-15H,3-5,8-9H2,1-2H3. The molecule has 0 unspecified atom stereocenters. The number of aryl methyl sites for hydroxylation is 1. The molecule has 2 N–H and O–H groups in total. The number of aliphatic hydroxyl groups excluding tert-OH is 2. The van der Waals surface area contributed by atoms with Crippen molar-refractivity contribution in [1.29, 1.82) is 0 Å². The summed E-state index contributed by atoms with van der Waals surface area (Å²) in [5.41, 5.74) is 0.673. The molecular weight excluding hydrogens is 192 g/mol. The molecule has 0 bridgehead atoms. The van der Waals surface area contributed by atoms with Gasteiger partial charge in [-0.1, -0.05) is 13.3 Å². The third kappa shape index (κ3) is 3.04.